The van der Waals surface area contributed by atoms with Gasteiger partial charge in [-0.2, -0.15) is 5.10 Å². The Morgan fingerprint density at radius 3 is 2.57 bits per heavy atom. The van der Waals surface area contributed by atoms with Crippen molar-refractivity contribution in [2.45, 2.75) is 36.6 Å². The van der Waals surface area contributed by atoms with Crippen molar-refractivity contribution in [2.24, 2.45) is 18.9 Å². The molecule has 1 saturated carbocycles. The maximum atomic E-state index is 13.6. The summed E-state index contributed by atoms with van der Waals surface area (Å²) in [6.45, 7) is 0. The number of nitrogens with one attached hydrogen (secondary N) is 1. The van der Waals surface area contributed by atoms with Crippen molar-refractivity contribution in [3.8, 4) is 11.1 Å². The average Bonchev–Trinajstić information content (AvgIpc) is 3.47. The van der Waals surface area contributed by atoms with Crippen LogP contribution in [0.5, 0.6) is 0 Å². The lowest BCUT2D eigenvalue weighted by Crippen LogP contribution is -2.36. The van der Waals surface area contributed by atoms with Crippen LogP contribution < -0.4 is 5.32 Å². The first kappa shape index (κ1) is 22.2. The summed E-state index contributed by atoms with van der Waals surface area (Å²) in [6.07, 6.45) is 14.3. The maximum Gasteiger partial charge on any atom is 0.269 e. The first-order valence-corrected chi connectivity index (χ1v) is 13.6. The van der Waals surface area contributed by atoms with Crippen molar-refractivity contribution in [1.29, 1.82) is 0 Å². The third kappa shape index (κ3) is 3.90. The van der Waals surface area contributed by atoms with Gasteiger partial charge in [0, 0.05) is 48.2 Å². The highest BCUT2D eigenvalue weighted by atomic mass is 32.2. The van der Waals surface area contributed by atoms with Gasteiger partial charge in [-0.25, -0.2) is 17.4 Å². The molecular weight excluding hydrogens is 458 g/mol. The molecule has 1 aromatic carbocycles. The summed E-state index contributed by atoms with van der Waals surface area (Å²) in [5.41, 5.74) is 4.52. The van der Waals surface area contributed by atoms with Gasteiger partial charge in [0.1, 0.15) is 0 Å². The minimum Gasteiger partial charge on any atom is -0.317 e. The molecule has 0 aliphatic heterocycles. The number of hydrogen-bond donors (Lipinski definition) is 1. The average molecular weight is 488 g/mol. The minimum absolute atomic E-state index is 0.238. The van der Waals surface area contributed by atoms with E-state index in [1.165, 1.54) is 28.8 Å². The van der Waals surface area contributed by atoms with Gasteiger partial charge >= 0.3 is 0 Å². The van der Waals surface area contributed by atoms with Crippen LogP contribution in [0.25, 0.3) is 27.7 Å². The molecule has 7 nitrogen and oxygen atoms in total. The van der Waals surface area contributed by atoms with Gasteiger partial charge in [-0.1, -0.05) is 24.3 Å². The SMILES string of the molecule is CNC1CC2C=C(c3cnc4c(c3)c(-c3cnn(C)c3)cn4S(=O)(=O)c3ccccc3)CC(C2)C1. The molecule has 1 fully saturated rings. The van der Waals surface area contributed by atoms with Crippen molar-refractivity contribution in [1.82, 2.24) is 24.1 Å². The van der Waals surface area contributed by atoms with E-state index >= 15 is 0 Å². The quantitative estimate of drug-likeness (QED) is 0.449. The standard InChI is InChI=1S/C27H29N5O2S/c1-28-23-11-18-8-19(12-23)10-20(9-18)21-13-25-26(22-15-30-31(2)16-22)17-32(27(25)29-14-21)35(33,34)24-6-4-3-5-7-24/h3-7,9,13-19,23,28H,8,10-12H2,1-2H3. The van der Waals surface area contributed by atoms with Crippen LogP contribution in [0.4, 0.5) is 0 Å². The summed E-state index contributed by atoms with van der Waals surface area (Å²) in [5.74, 6) is 1.24. The predicted molar refractivity (Wildman–Crippen MR) is 137 cm³/mol. The van der Waals surface area contributed by atoms with Crippen LogP contribution in [0.15, 0.2) is 72.2 Å². The molecule has 35 heavy (non-hydrogen) atoms. The Morgan fingerprint density at radius 1 is 1.03 bits per heavy atom. The highest BCUT2D eigenvalue weighted by molar-refractivity contribution is 7.90. The van der Waals surface area contributed by atoms with Crippen molar-refractivity contribution < 1.29 is 8.42 Å². The molecule has 3 aromatic heterocycles. The number of pyridine rings is 1. The van der Waals surface area contributed by atoms with Crippen LogP contribution in [0.1, 0.15) is 31.2 Å². The smallest absolute Gasteiger partial charge is 0.269 e. The van der Waals surface area contributed by atoms with Crippen LogP contribution in [0.2, 0.25) is 0 Å². The van der Waals surface area contributed by atoms with Gasteiger partial charge in [0.25, 0.3) is 10.0 Å². The zero-order valence-corrected chi connectivity index (χ0v) is 20.7. The largest absolute Gasteiger partial charge is 0.317 e. The van der Waals surface area contributed by atoms with Crippen LogP contribution in [0.3, 0.4) is 0 Å². The predicted octanol–water partition coefficient (Wildman–Crippen LogP) is 4.47. The van der Waals surface area contributed by atoms with E-state index in [-0.39, 0.29) is 4.90 Å². The van der Waals surface area contributed by atoms with Crippen molar-refractivity contribution in [3.63, 3.8) is 0 Å². The van der Waals surface area contributed by atoms with E-state index in [0.29, 0.717) is 23.5 Å². The first-order chi connectivity index (χ1) is 16.9. The fraction of sp³-hybridized carbons (Fsp3) is 0.333. The van der Waals surface area contributed by atoms with E-state index in [1.54, 1.807) is 41.3 Å². The molecule has 180 valence electrons. The molecule has 6 rings (SSSR count). The van der Waals surface area contributed by atoms with E-state index in [2.05, 4.69) is 29.6 Å². The molecule has 2 bridgehead atoms. The Kier molecular flexibility index (Phi) is 5.38. The highest BCUT2D eigenvalue weighted by Crippen LogP contribution is 2.43. The van der Waals surface area contributed by atoms with Gasteiger partial charge < -0.3 is 5.32 Å². The highest BCUT2D eigenvalue weighted by Gasteiger charge is 2.32. The molecule has 3 atom stereocenters. The second-order valence-corrected chi connectivity index (χ2v) is 11.7. The Hall–Kier alpha value is -3.23. The van der Waals surface area contributed by atoms with E-state index < -0.39 is 10.0 Å². The number of benzene rings is 1. The molecule has 0 spiro atoms. The third-order valence-electron chi connectivity index (χ3n) is 7.49. The van der Waals surface area contributed by atoms with Crippen molar-refractivity contribution in [3.05, 3.63) is 72.8 Å². The molecule has 8 heteroatoms. The fourth-order valence-electron chi connectivity index (χ4n) is 5.84. The number of fused-ring (bicyclic) bond motifs is 3. The van der Waals surface area contributed by atoms with E-state index in [1.807, 2.05) is 25.5 Å². The number of hydrogen-bond acceptors (Lipinski definition) is 5. The second-order valence-electron chi connectivity index (χ2n) is 9.87. The number of allylic oxidation sites excluding steroid dienone is 2. The third-order valence-corrected chi connectivity index (χ3v) is 9.16. The molecule has 4 aromatic rings. The molecule has 1 N–H and O–H groups in total. The van der Waals surface area contributed by atoms with Crippen LogP contribution in [-0.4, -0.2) is 40.2 Å². The summed E-state index contributed by atoms with van der Waals surface area (Å²) in [6, 6.07) is 11.2. The molecular formula is C27H29N5O2S. The summed E-state index contributed by atoms with van der Waals surface area (Å²) in [4.78, 5) is 4.97. The Morgan fingerprint density at radius 2 is 1.86 bits per heavy atom. The first-order valence-electron chi connectivity index (χ1n) is 12.1. The summed E-state index contributed by atoms with van der Waals surface area (Å²) < 4.78 is 30.2. The Labute approximate surface area is 205 Å². The van der Waals surface area contributed by atoms with Gasteiger partial charge in [0.05, 0.1) is 11.1 Å². The maximum absolute atomic E-state index is 13.6. The molecule has 3 heterocycles. The molecule has 2 aliphatic carbocycles. The van der Waals surface area contributed by atoms with Crippen LogP contribution >= 0.6 is 0 Å². The Balaban J connectivity index is 1.50. The second kappa shape index (κ2) is 8.46. The minimum atomic E-state index is -3.80. The summed E-state index contributed by atoms with van der Waals surface area (Å²) in [7, 11) is 0.116. The topological polar surface area (TPSA) is 81.8 Å². The van der Waals surface area contributed by atoms with Gasteiger partial charge in [0.15, 0.2) is 5.65 Å². The molecule has 0 amide bonds. The molecule has 0 saturated heterocycles. The monoisotopic (exact) mass is 487 g/mol. The lowest BCUT2D eigenvalue weighted by Gasteiger charge is -2.38. The zero-order chi connectivity index (χ0) is 24.2. The number of nitrogens with zero attached hydrogens (tertiary/aromatic N) is 4. The zero-order valence-electron chi connectivity index (χ0n) is 19.9. The van der Waals surface area contributed by atoms with E-state index in [0.717, 1.165) is 28.5 Å². The van der Waals surface area contributed by atoms with Gasteiger partial charge in [-0.05, 0) is 73.9 Å². The summed E-state index contributed by atoms with van der Waals surface area (Å²) >= 11 is 0. The van der Waals surface area contributed by atoms with E-state index in [9.17, 15) is 8.42 Å². The lowest BCUT2D eigenvalue weighted by atomic mass is 9.70. The van der Waals surface area contributed by atoms with Crippen LogP contribution in [-0.2, 0) is 17.1 Å². The summed E-state index contributed by atoms with van der Waals surface area (Å²) in [5, 5.41) is 8.59. The van der Waals surface area contributed by atoms with Crippen LogP contribution in [0, 0.1) is 11.8 Å². The molecule has 0 radical (unpaired) electrons. The van der Waals surface area contributed by atoms with Crippen molar-refractivity contribution >= 4 is 26.6 Å². The normalized spacial score (nSPS) is 22.3. The van der Waals surface area contributed by atoms with E-state index in [4.69, 9.17) is 4.98 Å². The molecule has 2 aliphatic rings. The number of aromatic nitrogens is 4. The van der Waals surface area contributed by atoms with Gasteiger partial charge in [0.2, 0.25) is 0 Å². The lowest BCUT2D eigenvalue weighted by molar-refractivity contribution is 0.244. The number of aryl methyl sites for hydroxylation is 1. The number of rotatable bonds is 5. The fourth-order valence-corrected chi connectivity index (χ4v) is 7.18. The Bertz CT molecular complexity index is 1530. The van der Waals surface area contributed by atoms with Gasteiger partial charge in [-0.15, -0.1) is 0 Å². The van der Waals surface area contributed by atoms with Gasteiger partial charge in [-0.3, -0.25) is 4.68 Å². The molecule has 3 unspecified atom stereocenters. The van der Waals surface area contributed by atoms with Crippen molar-refractivity contribution in [2.75, 3.05) is 7.05 Å².